The predicted octanol–water partition coefficient (Wildman–Crippen LogP) is 1.44. The molecule has 0 spiro atoms. The Hall–Kier alpha value is -0.110. The van der Waals surface area contributed by atoms with Gasteiger partial charge in [0.25, 0.3) is 0 Å². The van der Waals surface area contributed by atoms with Crippen molar-refractivity contribution >= 4 is 0 Å². The van der Waals surface area contributed by atoms with E-state index in [1.54, 1.807) is 6.92 Å². The smallest absolute Gasteiger partial charge is 0.110 e. The molecule has 0 unspecified atom stereocenters. The number of likely N-dealkylation sites (tertiary alicyclic amines) is 1. The van der Waals surface area contributed by atoms with Crippen LogP contribution < -0.4 is 0 Å². The van der Waals surface area contributed by atoms with Gasteiger partial charge in [-0.2, -0.15) is 0 Å². The van der Waals surface area contributed by atoms with Crippen LogP contribution in [0.5, 0.6) is 0 Å². The van der Waals surface area contributed by atoms with E-state index in [0.717, 1.165) is 13.1 Å². The lowest BCUT2D eigenvalue weighted by atomic mass is 10.4. The summed E-state index contributed by atoms with van der Waals surface area (Å²) in [4.78, 5) is 2.19. The van der Waals surface area contributed by atoms with E-state index in [1.165, 1.54) is 12.8 Å². The molecule has 1 rings (SSSR count). The summed E-state index contributed by atoms with van der Waals surface area (Å²) >= 11 is 0. The largest absolute Gasteiger partial charge is 0.300 e. The molecule has 0 aliphatic carbocycles. The Morgan fingerprint density at radius 2 is 2.00 bits per heavy atom. The van der Waals surface area contributed by atoms with Crippen molar-refractivity contribution in [3.63, 3.8) is 0 Å². The Bertz CT molecular complexity index is 77.0. The van der Waals surface area contributed by atoms with Gasteiger partial charge in [0.1, 0.15) is 6.17 Å². The van der Waals surface area contributed by atoms with Gasteiger partial charge in [0.05, 0.1) is 0 Å². The van der Waals surface area contributed by atoms with Crippen molar-refractivity contribution in [1.82, 2.24) is 4.90 Å². The van der Waals surface area contributed by atoms with E-state index in [-0.39, 0.29) is 0 Å². The Morgan fingerprint density at radius 3 is 2.44 bits per heavy atom. The van der Waals surface area contributed by atoms with Gasteiger partial charge in [-0.3, -0.25) is 0 Å². The maximum atomic E-state index is 12.3. The zero-order valence-corrected chi connectivity index (χ0v) is 5.94. The Labute approximate surface area is 55.8 Å². The van der Waals surface area contributed by atoms with E-state index >= 15 is 0 Å². The highest BCUT2D eigenvalue weighted by atomic mass is 19.1. The third-order valence-corrected chi connectivity index (χ3v) is 1.71. The fourth-order valence-electron chi connectivity index (χ4n) is 1.32. The van der Waals surface area contributed by atoms with E-state index in [9.17, 15) is 4.39 Å². The SMILES string of the molecule is C[C@H](F)CN1CCCC1. The minimum absolute atomic E-state index is 0.639. The van der Waals surface area contributed by atoms with Crippen LogP contribution >= 0.6 is 0 Å². The van der Waals surface area contributed by atoms with Gasteiger partial charge in [0.15, 0.2) is 0 Å². The predicted molar refractivity (Wildman–Crippen MR) is 36.2 cm³/mol. The molecule has 9 heavy (non-hydrogen) atoms. The van der Waals surface area contributed by atoms with Crippen molar-refractivity contribution in [1.29, 1.82) is 0 Å². The average molecular weight is 131 g/mol. The van der Waals surface area contributed by atoms with Gasteiger partial charge in [-0.05, 0) is 32.9 Å². The highest BCUT2D eigenvalue weighted by Crippen LogP contribution is 2.07. The van der Waals surface area contributed by atoms with Gasteiger partial charge in [-0.25, -0.2) is 4.39 Å². The second-order valence-electron chi connectivity index (χ2n) is 2.79. The fraction of sp³-hybridized carbons (Fsp3) is 1.00. The molecule has 1 aliphatic rings. The normalized spacial score (nSPS) is 24.7. The molecule has 0 amide bonds. The van der Waals surface area contributed by atoms with Crippen LogP contribution in [0.1, 0.15) is 19.8 Å². The van der Waals surface area contributed by atoms with Gasteiger partial charge < -0.3 is 4.90 Å². The minimum atomic E-state index is -0.650. The highest BCUT2D eigenvalue weighted by molar-refractivity contribution is 4.67. The van der Waals surface area contributed by atoms with Crippen LogP contribution in [0.4, 0.5) is 4.39 Å². The molecule has 0 saturated carbocycles. The van der Waals surface area contributed by atoms with Crippen LogP contribution in [0, 0.1) is 0 Å². The topological polar surface area (TPSA) is 3.24 Å². The standard InChI is InChI=1S/C7H14FN/c1-7(8)6-9-4-2-3-5-9/h7H,2-6H2,1H3/t7-/m0/s1. The van der Waals surface area contributed by atoms with Crippen molar-refractivity contribution < 1.29 is 4.39 Å². The van der Waals surface area contributed by atoms with Crippen LogP contribution in [-0.2, 0) is 0 Å². The summed E-state index contributed by atoms with van der Waals surface area (Å²) in [6.07, 6.45) is 1.86. The molecule has 1 atom stereocenters. The summed E-state index contributed by atoms with van der Waals surface area (Å²) in [6.45, 7) is 4.47. The molecule has 1 heterocycles. The maximum Gasteiger partial charge on any atom is 0.110 e. The van der Waals surface area contributed by atoms with Crippen molar-refractivity contribution in [3.8, 4) is 0 Å². The molecule has 0 bridgehead atoms. The van der Waals surface area contributed by atoms with Crippen molar-refractivity contribution in [2.24, 2.45) is 0 Å². The molecule has 0 N–H and O–H groups in total. The number of hydrogen-bond acceptors (Lipinski definition) is 1. The maximum absolute atomic E-state index is 12.3. The summed E-state index contributed by atoms with van der Waals surface area (Å²) in [5, 5.41) is 0. The van der Waals surface area contributed by atoms with Crippen LogP contribution in [0.25, 0.3) is 0 Å². The second-order valence-corrected chi connectivity index (χ2v) is 2.79. The summed E-state index contributed by atoms with van der Waals surface area (Å²) < 4.78 is 12.3. The Kier molecular flexibility index (Phi) is 2.46. The van der Waals surface area contributed by atoms with Crippen LogP contribution in [0.2, 0.25) is 0 Å². The fourth-order valence-corrected chi connectivity index (χ4v) is 1.32. The quantitative estimate of drug-likeness (QED) is 0.548. The molecule has 2 heteroatoms. The molecular weight excluding hydrogens is 117 g/mol. The summed E-state index contributed by atoms with van der Waals surface area (Å²) in [6, 6.07) is 0. The van der Waals surface area contributed by atoms with E-state index in [2.05, 4.69) is 4.90 Å². The molecule has 0 radical (unpaired) electrons. The Balaban J connectivity index is 2.11. The van der Waals surface area contributed by atoms with Crippen molar-refractivity contribution in [3.05, 3.63) is 0 Å². The summed E-state index contributed by atoms with van der Waals surface area (Å²) in [7, 11) is 0. The minimum Gasteiger partial charge on any atom is -0.300 e. The molecule has 0 aromatic heterocycles. The Morgan fingerprint density at radius 1 is 1.44 bits per heavy atom. The molecule has 1 saturated heterocycles. The number of rotatable bonds is 2. The molecule has 1 fully saturated rings. The third-order valence-electron chi connectivity index (χ3n) is 1.71. The molecule has 54 valence electrons. The number of alkyl halides is 1. The van der Waals surface area contributed by atoms with Crippen molar-refractivity contribution in [2.45, 2.75) is 25.9 Å². The average Bonchev–Trinajstić information content (AvgIpc) is 2.15. The molecule has 1 nitrogen and oxygen atoms in total. The van der Waals surface area contributed by atoms with Crippen LogP contribution in [0.15, 0.2) is 0 Å². The number of nitrogens with zero attached hydrogens (tertiary/aromatic N) is 1. The van der Waals surface area contributed by atoms with Gasteiger partial charge >= 0.3 is 0 Å². The molecule has 0 aromatic rings. The van der Waals surface area contributed by atoms with E-state index in [0.29, 0.717) is 6.54 Å². The van der Waals surface area contributed by atoms with Gasteiger partial charge in [-0.1, -0.05) is 0 Å². The van der Waals surface area contributed by atoms with Crippen molar-refractivity contribution in [2.75, 3.05) is 19.6 Å². The van der Waals surface area contributed by atoms with E-state index in [4.69, 9.17) is 0 Å². The lowest BCUT2D eigenvalue weighted by Gasteiger charge is -2.14. The molecule has 0 aromatic carbocycles. The number of halogens is 1. The zero-order chi connectivity index (χ0) is 6.69. The van der Waals surface area contributed by atoms with Crippen LogP contribution in [0.3, 0.4) is 0 Å². The van der Waals surface area contributed by atoms with E-state index in [1.807, 2.05) is 0 Å². The number of hydrogen-bond donors (Lipinski definition) is 0. The first kappa shape index (κ1) is 7.00. The van der Waals surface area contributed by atoms with E-state index < -0.39 is 6.17 Å². The van der Waals surface area contributed by atoms with Gasteiger partial charge in [0, 0.05) is 6.54 Å². The molecule has 1 aliphatic heterocycles. The highest BCUT2D eigenvalue weighted by Gasteiger charge is 2.13. The third kappa shape index (κ3) is 2.31. The monoisotopic (exact) mass is 131 g/mol. The first-order chi connectivity index (χ1) is 4.29. The van der Waals surface area contributed by atoms with Gasteiger partial charge in [0.2, 0.25) is 0 Å². The van der Waals surface area contributed by atoms with Gasteiger partial charge in [-0.15, -0.1) is 0 Å². The first-order valence-electron chi connectivity index (χ1n) is 3.65. The summed E-state index contributed by atoms with van der Waals surface area (Å²) in [5.41, 5.74) is 0. The summed E-state index contributed by atoms with van der Waals surface area (Å²) in [5.74, 6) is 0. The lowest BCUT2D eigenvalue weighted by Crippen LogP contribution is -2.25. The lowest BCUT2D eigenvalue weighted by molar-refractivity contribution is 0.235. The zero-order valence-electron chi connectivity index (χ0n) is 5.94. The molecular formula is C7H14FN. The first-order valence-corrected chi connectivity index (χ1v) is 3.65. The van der Waals surface area contributed by atoms with Crippen LogP contribution in [-0.4, -0.2) is 30.7 Å². The second kappa shape index (κ2) is 3.16.